The highest BCUT2D eigenvalue weighted by atomic mass is 16.7. The van der Waals surface area contributed by atoms with Gasteiger partial charge in [0, 0.05) is 25.4 Å². The van der Waals surface area contributed by atoms with Crippen molar-refractivity contribution in [1.29, 1.82) is 0 Å². The number of nitrogens with zero attached hydrogens (tertiary/aromatic N) is 4. The van der Waals surface area contributed by atoms with Crippen LogP contribution in [0.5, 0.6) is 0 Å². The van der Waals surface area contributed by atoms with Gasteiger partial charge < -0.3 is 20.3 Å². The molecule has 230 valence electrons. The normalized spacial score (nSPS) is 19.4. The predicted octanol–water partition coefficient (Wildman–Crippen LogP) is 2.84. The number of rotatable bonds is 11. The van der Waals surface area contributed by atoms with Crippen LogP contribution in [0.1, 0.15) is 51.7 Å². The fourth-order valence-electron chi connectivity index (χ4n) is 5.03. The van der Waals surface area contributed by atoms with Gasteiger partial charge in [0.1, 0.15) is 31.1 Å². The van der Waals surface area contributed by atoms with E-state index in [9.17, 15) is 19.2 Å². The largest absolute Gasteiger partial charge is 0.445 e. The third kappa shape index (κ3) is 8.38. The maximum Gasteiger partial charge on any atom is 0.408 e. The first-order valence-corrected chi connectivity index (χ1v) is 14.6. The number of alkyl carbamates (subject to hydrolysis) is 1. The second-order valence-electron chi connectivity index (χ2n) is 11.4. The number of carbonyl (C=O) groups is 4. The molecule has 2 N–H and O–H groups in total. The molecule has 12 nitrogen and oxygen atoms in total. The molecule has 12 heteroatoms. The van der Waals surface area contributed by atoms with Gasteiger partial charge in [-0.05, 0) is 41.9 Å². The summed E-state index contributed by atoms with van der Waals surface area (Å²) in [6.07, 6.45) is 4.91. The van der Waals surface area contributed by atoms with Crippen molar-refractivity contribution in [2.45, 2.75) is 77.9 Å². The summed E-state index contributed by atoms with van der Waals surface area (Å²) in [4.78, 5) is 68.6. The van der Waals surface area contributed by atoms with Crippen molar-refractivity contribution < 1.29 is 28.8 Å². The lowest BCUT2D eigenvalue weighted by atomic mass is 10.0. The number of hydrogen-bond acceptors (Lipinski definition) is 8. The van der Waals surface area contributed by atoms with Gasteiger partial charge in [-0.3, -0.25) is 19.4 Å². The molecule has 1 saturated heterocycles. The van der Waals surface area contributed by atoms with Crippen LogP contribution in [0.3, 0.4) is 0 Å². The van der Waals surface area contributed by atoms with E-state index in [0.29, 0.717) is 25.8 Å². The smallest absolute Gasteiger partial charge is 0.408 e. The Kier molecular flexibility index (Phi) is 10.8. The minimum Gasteiger partial charge on any atom is -0.445 e. The van der Waals surface area contributed by atoms with Gasteiger partial charge in [0.2, 0.25) is 11.8 Å². The molecule has 0 aliphatic carbocycles. The quantitative estimate of drug-likeness (QED) is 0.409. The third-order valence-corrected chi connectivity index (χ3v) is 7.41. The molecule has 1 fully saturated rings. The minimum atomic E-state index is -0.902. The molecule has 1 aromatic carbocycles. The number of hydroxylamine groups is 2. The summed E-state index contributed by atoms with van der Waals surface area (Å²) in [6.45, 7) is 7.70. The zero-order valence-electron chi connectivity index (χ0n) is 25.0. The lowest BCUT2D eigenvalue weighted by Crippen LogP contribution is -2.58. The summed E-state index contributed by atoms with van der Waals surface area (Å²) >= 11 is 0. The van der Waals surface area contributed by atoms with Gasteiger partial charge in [0.25, 0.3) is 5.91 Å². The summed E-state index contributed by atoms with van der Waals surface area (Å²) in [5.74, 6) is -1.78. The first-order chi connectivity index (χ1) is 20.6. The number of hydrogen-bond donors (Lipinski definition) is 2. The van der Waals surface area contributed by atoms with Crippen LogP contribution >= 0.6 is 0 Å². The number of ether oxygens (including phenoxy) is 1. The van der Waals surface area contributed by atoms with Crippen LogP contribution in [-0.4, -0.2) is 76.0 Å². The molecule has 4 atom stereocenters. The average molecular weight is 593 g/mol. The molecule has 3 heterocycles. The topological polar surface area (TPSA) is 143 Å². The molecular weight excluding hydrogens is 552 g/mol. The fraction of sp³-hybridized carbons (Fsp3) is 0.484. The van der Waals surface area contributed by atoms with Crippen molar-refractivity contribution in [3.05, 3.63) is 66.0 Å². The van der Waals surface area contributed by atoms with Crippen molar-refractivity contribution in [3.63, 3.8) is 0 Å². The van der Waals surface area contributed by atoms with Crippen LogP contribution in [0.15, 0.2) is 59.9 Å². The Morgan fingerprint density at radius 2 is 1.65 bits per heavy atom. The van der Waals surface area contributed by atoms with Gasteiger partial charge in [0.05, 0.1) is 0 Å². The monoisotopic (exact) mass is 592 g/mol. The van der Waals surface area contributed by atoms with E-state index in [4.69, 9.17) is 9.57 Å². The van der Waals surface area contributed by atoms with Crippen molar-refractivity contribution in [1.82, 2.24) is 25.6 Å². The zero-order chi connectivity index (χ0) is 30.9. The lowest BCUT2D eigenvalue weighted by molar-refractivity contribution is -0.171. The molecular formula is C31H40N6O6. The fourth-order valence-corrected chi connectivity index (χ4v) is 5.03. The Morgan fingerprint density at radius 3 is 2.33 bits per heavy atom. The van der Waals surface area contributed by atoms with Crippen LogP contribution < -0.4 is 10.6 Å². The first kappa shape index (κ1) is 31.6. The summed E-state index contributed by atoms with van der Waals surface area (Å²) in [6, 6.07) is 10.4. The van der Waals surface area contributed by atoms with E-state index in [2.05, 4.69) is 20.6 Å². The molecule has 0 spiro atoms. The Balaban J connectivity index is 1.35. The van der Waals surface area contributed by atoms with Gasteiger partial charge >= 0.3 is 6.09 Å². The maximum absolute atomic E-state index is 13.6. The number of aliphatic imine (C=N–C) groups is 1. The molecule has 4 rings (SSSR count). The Labute approximate surface area is 251 Å². The van der Waals surface area contributed by atoms with E-state index in [0.717, 1.165) is 16.2 Å². The number of nitrogens with one attached hydrogen (secondary N) is 2. The van der Waals surface area contributed by atoms with Crippen molar-refractivity contribution >= 4 is 30.2 Å². The van der Waals surface area contributed by atoms with Crippen LogP contribution in [0.25, 0.3) is 0 Å². The molecule has 2 aliphatic rings. The standard InChI is InChI=1S/C31H40N6O6/c1-20(2)26(35-31(41)42-18-22-10-6-5-7-11-22)29(39)36-15-9-13-24(36)28(38)34-27(21(3)4)30(40)37-19-33-25(43-37)16-23-12-8-14-32-17-23/h5-8,10-12,14,17,19-21,24-27H,9,13,15-16,18H2,1-4H3,(H,34,38)(H,35,41)/t24-,25?,26-,27?/m0/s1. The van der Waals surface area contributed by atoms with Crippen molar-refractivity contribution in [3.8, 4) is 0 Å². The molecule has 0 bridgehead atoms. The van der Waals surface area contributed by atoms with Gasteiger partial charge in [-0.1, -0.05) is 64.1 Å². The molecule has 43 heavy (non-hydrogen) atoms. The summed E-state index contributed by atoms with van der Waals surface area (Å²) in [7, 11) is 0. The Hall–Kier alpha value is -4.32. The number of aromatic nitrogens is 1. The highest BCUT2D eigenvalue weighted by Crippen LogP contribution is 2.22. The van der Waals surface area contributed by atoms with Gasteiger partial charge in [-0.25, -0.2) is 14.6 Å². The number of likely N-dealkylation sites (tertiary alicyclic amines) is 1. The van der Waals surface area contributed by atoms with Gasteiger partial charge in [-0.15, -0.1) is 0 Å². The van der Waals surface area contributed by atoms with Crippen LogP contribution in [0.4, 0.5) is 4.79 Å². The summed E-state index contributed by atoms with van der Waals surface area (Å²) in [5, 5.41) is 6.58. The number of pyridine rings is 1. The predicted molar refractivity (Wildman–Crippen MR) is 158 cm³/mol. The molecule has 0 saturated carbocycles. The van der Waals surface area contributed by atoms with Crippen molar-refractivity contribution in [2.75, 3.05) is 6.54 Å². The molecule has 2 unspecified atom stereocenters. The summed E-state index contributed by atoms with van der Waals surface area (Å²) < 4.78 is 5.32. The van der Waals surface area contributed by atoms with Crippen LogP contribution in [-0.2, 0) is 37.0 Å². The SMILES string of the molecule is CC(C)C(NC(=O)[C@@H]1CCCN1C(=O)[C@@H](NC(=O)OCc1ccccc1)C(C)C)C(=O)N1C=NC(Cc2cccnc2)O1. The van der Waals surface area contributed by atoms with Gasteiger partial charge in [0.15, 0.2) is 6.23 Å². The Bertz CT molecular complexity index is 1290. The highest BCUT2D eigenvalue weighted by Gasteiger charge is 2.41. The van der Waals surface area contributed by atoms with E-state index < -0.39 is 42.3 Å². The van der Waals surface area contributed by atoms with Crippen LogP contribution in [0.2, 0.25) is 0 Å². The molecule has 1 aromatic heterocycles. The molecule has 2 aliphatic heterocycles. The van der Waals surface area contributed by atoms with E-state index in [1.807, 2.05) is 70.2 Å². The second kappa shape index (κ2) is 14.7. The summed E-state index contributed by atoms with van der Waals surface area (Å²) in [5.41, 5.74) is 1.74. The van der Waals surface area contributed by atoms with E-state index in [1.54, 1.807) is 12.4 Å². The van der Waals surface area contributed by atoms with E-state index >= 15 is 0 Å². The van der Waals surface area contributed by atoms with E-state index in [1.165, 1.54) is 11.2 Å². The number of benzene rings is 1. The first-order valence-electron chi connectivity index (χ1n) is 14.6. The Morgan fingerprint density at radius 1 is 0.953 bits per heavy atom. The second-order valence-corrected chi connectivity index (χ2v) is 11.4. The van der Waals surface area contributed by atoms with Crippen molar-refractivity contribution in [2.24, 2.45) is 16.8 Å². The molecule has 2 aromatic rings. The minimum absolute atomic E-state index is 0.0701. The maximum atomic E-state index is 13.6. The molecule has 0 radical (unpaired) electrons. The zero-order valence-corrected chi connectivity index (χ0v) is 25.0. The van der Waals surface area contributed by atoms with Crippen LogP contribution in [0, 0.1) is 11.8 Å². The van der Waals surface area contributed by atoms with Gasteiger partial charge in [-0.2, -0.15) is 5.06 Å². The third-order valence-electron chi connectivity index (χ3n) is 7.41. The number of amides is 4. The number of carbonyl (C=O) groups excluding carboxylic acids is 4. The van der Waals surface area contributed by atoms with E-state index in [-0.39, 0.29) is 24.3 Å². The lowest BCUT2D eigenvalue weighted by Gasteiger charge is -2.32. The highest BCUT2D eigenvalue weighted by molar-refractivity contribution is 5.96. The average Bonchev–Trinajstić information content (AvgIpc) is 3.68. The molecule has 4 amide bonds.